The van der Waals surface area contributed by atoms with Crippen LogP contribution in [0.4, 0.5) is 0 Å². The van der Waals surface area contributed by atoms with Crippen LogP contribution in [0.25, 0.3) is 22.3 Å². The standard InChI is InChI=1S/C18H12BrCl/c19-15-9-4-8-14(12-15)18-16(10-5-11-17(18)20)13-6-2-1-3-7-13/h1-12H. The van der Waals surface area contributed by atoms with E-state index in [9.17, 15) is 0 Å². The Morgan fingerprint density at radius 1 is 0.700 bits per heavy atom. The Morgan fingerprint density at radius 2 is 1.40 bits per heavy atom. The topological polar surface area (TPSA) is 0 Å². The highest BCUT2D eigenvalue weighted by Crippen LogP contribution is 2.38. The van der Waals surface area contributed by atoms with Crippen LogP contribution in [0.1, 0.15) is 0 Å². The average molecular weight is 344 g/mol. The highest BCUT2D eigenvalue weighted by atomic mass is 79.9. The summed E-state index contributed by atoms with van der Waals surface area (Å²) in [6, 6.07) is 24.6. The summed E-state index contributed by atoms with van der Waals surface area (Å²) in [5.74, 6) is 0. The molecule has 0 N–H and O–H groups in total. The monoisotopic (exact) mass is 342 g/mol. The Morgan fingerprint density at radius 3 is 2.15 bits per heavy atom. The van der Waals surface area contributed by atoms with Crippen molar-refractivity contribution in [3.05, 3.63) is 82.3 Å². The van der Waals surface area contributed by atoms with Gasteiger partial charge >= 0.3 is 0 Å². The average Bonchev–Trinajstić information content (AvgIpc) is 2.48. The lowest BCUT2D eigenvalue weighted by Gasteiger charge is -2.12. The Hall–Kier alpha value is -1.57. The normalized spacial score (nSPS) is 10.5. The molecule has 3 aromatic rings. The molecule has 0 spiro atoms. The van der Waals surface area contributed by atoms with Gasteiger partial charge in [0, 0.05) is 15.1 Å². The molecule has 0 radical (unpaired) electrons. The molecule has 98 valence electrons. The van der Waals surface area contributed by atoms with Gasteiger partial charge in [-0.2, -0.15) is 0 Å². The summed E-state index contributed by atoms with van der Waals surface area (Å²) in [4.78, 5) is 0. The van der Waals surface area contributed by atoms with Gasteiger partial charge in [-0.05, 0) is 34.9 Å². The van der Waals surface area contributed by atoms with Gasteiger partial charge in [0.15, 0.2) is 0 Å². The maximum Gasteiger partial charge on any atom is 0.0490 e. The number of benzene rings is 3. The smallest absolute Gasteiger partial charge is 0.0490 e. The largest absolute Gasteiger partial charge is 0.0836 e. The van der Waals surface area contributed by atoms with Crippen molar-refractivity contribution in [1.82, 2.24) is 0 Å². The maximum atomic E-state index is 6.45. The number of hydrogen-bond donors (Lipinski definition) is 0. The van der Waals surface area contributed by atoms with Crippen LogP contribution in [0, 0.1) is 0 Å². The molecule has 0 nitrogen and oxygen atoms in total. The van der Waals surface area contributed by atoms with E-state index in [-0.39, 0.29) is 0 Å². The van der Waals surface area contributed by atoms with Crippen molar-refractivity contribution in [2.45, 2.75) is 0 Å². The molecule has 0 amide bonds. The molecule has 0 atom stereocenters. The van der Waals surface area contributed by atoms with Gasteiger partial charge in [0.2, 0.25) is 0 Å². The third-order valence-corrected chi connectivity index (χ3v) is 4.02. The van der Waals surface area contributed by atoms with Crippen molar-refractivity contribution >= 4 is 27.5 Å². The summed E-state index contributed by atoms with van der Waals surface area (Å²) in [7, 11) is 0. The first-order valence-corrected chi connectivity index (χ1v) is 7.52. The zero-order chi connectivity index (χ0) is 13.9. The predicted molar refractivity (Wildman–Crippen MR) is 90.0 cm³/mol. The molecule has 0 unspecified atom stereocenters. The molecule has 20 heavy (non-hydrogen) atoms. The lowest BCUT2D eigenvalue weighted by molar-refractivity contribution is 1.56. The van der Waals surface area contributed by atoms with Gasteiger partial charge in [0.05, 0.1) is 0 Å². The van der Waals surface area contributed by atoms with Crippen LogP contribution in [0.5, 0.6) is 0 Å². The Kier molecular flexibility index (Phi) is 3.90. The minimum absolute atomic E-state index is 0.768. The fourth-order valence-corrected chi connectivity index (χ4v) is 3.00. The van der Waals surface area contributed by atoms with E-state index >= 15 is 0 Å². The van der Waals surface area contributed by atoms with Gasteiger partial charge < -0.3 is 0 Å². The van der Waals surface area contributed by atoms with Crippen molar-refractivity contribution in [1.29, 1.82) is 0 Å². The minimum atomic E-state index is 0.768. The van der Waals surface area contributed by atoms with Gasteiger partial charge in [-0.3, -0.25) is 0 Å². The molecule has 0 saturated carbocycles. The fourth-order valence-electron chi connectivity index (χ4n) is 2.32. The summed E-state index contributed by atoms with van der Waals surface area (Å²) in [5.41, 5.74) is 4.51. The quantitative estimate of drug-likeness (QED) is 0.502. The lowest BCUT2D eigenvalue weighted by atomic mass is 9.94. The first-order chi connectivity index (χ1) is 9.75. The Balaban J connectivity index is 2.25. The highest BCUT2D eigenvalue weighted by Gasteiger charge is 2.11. The van der Waals surface area contributed by atoms with Gasteiger partial charge in [-0.15, -0.1) is 0 Å². The van der Waals surface area contributed by atoms with Gasteiger partial charge in [-0.25, -0.2) is 0 Å². The van der Waals surface area contributed by atoms with Gasteiger partial charge in [0.1, 0.15) is 0 Å². The molecule has 2 heteroatoms. The highest BCUT2D eigenvalue weighted by molar-refractivity contribution is 9.10. The second-order valence-corrected chi connectivity index (χ2v) is 5.86. The molecule has 3 rings (SSSR count). The summed E-state index contributed by atoms with van der Waals surface area (Å²) in [6.07, 6.45) is 0. The van der Waals surface area contributed by atoms with E-state index in [0.717, 1.165) is 26.2 Å². The summed E-state index contributed by atoms with van der Waals surface area (Å²) in [5, 5.41) is 0.768. The van der Waals surface area contributed by atoms with E-state index in [1.165, 1.54) is 5.56 Å². The third-order valence-electron chi connectivity index (χ3n) is 3.21. The van der Waals surface area contributed by atoms with Crippen LogP contribution in [0.3, 0.4) is 0 Å². The first kappa shape index (κ1) is 13.4. The van der Waals surface area contributed by atoms with E-state index < -0.39 is 0 Å². The Bertz CT molecular complexity index is 735. The van der Waals surface area contributed by atoms with E-state index in [2.05, 4.69) is 46.3 Å². The van der Waals surface area contributed by atoms with Gasteiger partial charge in [-0.1, -0.05) is 82.1 Å². The maximum absolute atomic E-state index is 6.45. The first-order valence-electron chi connectivity index (χ1n) is 6.35. The zero-order valence-electron chi connectivity index (χ0n) is 10.7. The number of halogens is 2. The zero-order valence-corrected chi connectivity index (χ0v) is 13.0. The summed E-state index contributed by atoms with van der Waals surface area (Å²) < 4.78 is 1.05. The van der Waals surface area contributed by atoms with E-state index in [1.807, 2.05) is 42.5 Å². The predicted octanol–water partition coefficient (Wildman–Crippen LogP) is 6.44. The summed E-state index contributed by atoms with van der Waals surface area (Å²) >= 11 is 9.97. The van der Waals surface area contributed by atoms with E-state index in [0.29, 0.717) is 0 Å². The SMILES string of the molecule is Clc1cccc(-c2ccccc2)c1-c1cccc(Br)c1. The molecule has 0 fully saturated rings. The Labute approximate surface area is 132 Å². The number of rotatable bonds is 2. The van der Waals surface area contributed by atoms with Gasteiger partial charge in [0.25, 0.3) is 0 Å². The van der Waals surface area contributed by atoms with Crippen LogP contribution >= 0.6 is 27.5 Å². The van der Waals surface area contributed by atoms with Crippen LogP contribution in [0.15, 0.2) is 77.3 Å². The summed E-state index contributed by atoms with van der Waals surface area (Å²) in [6.45, 7) is 0. The molecule has 0 bridgehead atoms. The van der Waals surface area contributed by atoms with E-state index in [1.54, 1.807) is 0 Å². The van der Waals surface area contributed by atoms with Crippen molar-refractivity contribution in [3.63, 3.8) is 0 Å². The second-order valence-electron chi connectivity index (χ2n) is 4.54. The lowest BCUT2D eigenvalue weighted by Crippen LogP contribution is -1.86. The van der Waals surface area contributed by atoms with Crippen molar-refractivity contribution < 1.29 is 0 Å². The molecule has 0 aliphatic rings. The van der Waals surface area contributed by atoms with Crippen LogP contribution in [0.2, 0.25) is 5.02 Å². The molecular weight excluding hydrogens is 332 g/mol. The molecular formula is C18H12BrCl. The molecule has 0 aliphatic heterocycles. The number of hydrogen-bond acceptors (Lipinski definition) is 0. The molecule has 3 aromatic carbocycles. The minimum Gasteiger partial charge on any atom is -0.0836 e. The fraction of sp³-hybridized carbons (Fsp3) is 0. The van der Waals surface area contributed by atoms with Crippen LogP contribution in [-0.2, 0) is 0 Å². The molecule has 0 heterocycles. The van der Waals surface area contributed by atoms with Crippen molar-refractivity contribution in [2.75, 3.05) is 0 Å². The third kappa shape index (κ3) is 2.65. The van der Waals surface area contributed by atoms with E-state index in [4.69, 9.17) is 11.6 Å². The molecule has 0 saturated heterocycles. The second kappa shape index (κ2) is 5.82. The molecule has 0 aromatic heterocycles. The van der Waals surface area contributed by atoms with Crippen LogP contribution in [-0.4, -0.2) is 0 Å². The van der Waals surface area contributed by atoms with Crippen molar-refractivity contribution in [2.24, 2.45) is 0 Å². The van der Waals surface area contributed by atoms with Crippen LogP contribution < -0.4 is 0 Å². The molecule has 0 aliphatic carbocycles. The van der Waals surface area contributed by atoms with Crippen molar-refractivity contribution in [3.8, 4) is 22.3 Å².